The summed E-state index contributed by atoms with van der Waals surface area (Å²) in [6, 6.07) is 16.9. The second-order valence-corrected chi connectivity index (χ2v) is 7.14. The van der Waals surface area contributed by atoms with E-state index in [9.17, 15) is 0 Å². The molecule has 112 valence electrons. The van der Waals surface area contributed by atoms with Crippen molar-refractivity contribution in [3.63, 3.8) is 0 Å². The topological polar surface area (TPSA) is 12.0 Å². The van der Waals surface area contributed by atoms with E-state index in [1.165, 1.54) is 11.1 Å². The van der Waals surface area contributed by atoms with Gasteiger partial charge in [0.15, 0.2) is 0 Å². The lowest BCUT2D eigenvalue weighted by atomic mass is 9.91. The Morgan fingerprint density at radius 3 is 2.14 bits per heavy atom. The zero-order valence-corrected chi connectivity index (χ0v) is 15.0. The fourth-order valence-electron chi connectivity index (χ4n) is 2.50. The van der Waals surface area contributed by atoms with Crippen LogP contribution in [0.1, 0.15) is 44.4 Å². The Labute approximate surface area is 140 Å². The van der Waals surface area contributed by atoms with Crippen molar-refractivity contribution in [2.45, 2.75) is 38.8 Å². The van der Waals surface area contributed by atoms with Crippen LogP contribution in [0.15, 0.2) is 53.0 Å². The van der Waals surface area contributed by atoms with Gasteiger partial charge in [0, 0.05) is 21.1 Å². The SMILES string of the molecule is CCC(NC(C)(C)c1ccc(Br)cc1)c1ccc(Cl)cc1. The quantitative estimate of drug-likeness (QED) is 0.676. The lowest BCUT2D eigenvalue weighted by Gasteiger charge is -2.32. The highest BCUT2D eigenvalue weighted by atomic mass is 79.9. The number of rotatable bonds is 5. The molecule has 1 unspecified atom stereocenters. The molecule has 0 saturated carbocycles. The number of benzene rings is 2. The molecule has 0 radical (unpaired) electrons. The standard InChI is InChI=1S/C18H21BrClN/c1-4-17(13-5-11-16(20)12-6-13)21-18(2,3)14-7-9-15(19)10-8-14/h5-12,17,21H,4H2,1-3H3. The van der Waals surface area contributed by atoms with E-state index in [0.29, 0.717) is 6.04 Å². The van der Waals surface area contributed by atoms with Crippen molar-refractivity contribution < 1.29 is 0 Å². The zero-order valence-electron chi connectivity index (χ0n) is 12.7. The average Bonchev–Trinajstić information content (AvgIpc) is 2.46. The number of nitrogens with one attached hydrogen (secondary N) is 1. The summed E-state index contributed by atoms with van der Waals surface area (Å²) in [6.45, 7) is 6.63. The predicted octanol–water partition coefficient (Wildman–Crippen LogP) is 6.08. The van der Waals surface area contributed by atoms with Gasteiger partial charge in [-0.2, -0.15) is 0 Å². The van der Waals surface area contributed by atoms with Gasteiger partial charge in [-0.3, -0.25) is 0 Å². The first-order valence-electron chi connectivity index (χ1n) is 7.21. The summed E-state index contributed by atoms with van der Waals surface area (Å²) in [5.41, 5.74) is 2.45. The molecule has 0 bridgehead atoms. The Morgan fingerprint density at radius 2 is 1.62 bits per heavy atom. The van der Waals surface area contributed by atoms with Crippen LogP contribution in [0.2, 0.25) is 5.02 Å². The zero-order chi connectivity index (χ0) is 15.5. The molecule has 3 heteroatoms. The Hall–Kier alpha value is -0.830. The number of hydrogen-bond acceptors (Lipinski definition) is 1. The third-order valence-corrected chi connectivity index (χ3v) is 4.56. The predicted molar refractivity (Wildman–Crippen MR) is 94.8 cm³/mol. The molecule has 0 aromatic heterocycles. The van der Waals surface area contributed by atoms with Crippen molar-refractivity contribution in [3.8, 4) is 0 Å². The summed E-state index contributed by atoms with van der Waals surface area (Å²) in [5.74, 6) is 0. The van der Waals surface area contributed by atoms with Crippen molar-refractivity contribution in [2.75, 3.05) is 0 Å². The lowest BCUT2D eigenvalue weighted by Crippen LogP contribution is -2.39. The van der Waals surface area contributed by atoms with Crippen LogP contribution in [0, 0.1) is 0 Å². The van der Waals surface area contributed by atoms with Gasteiger partial charge >= 0.3 is 0 Å². The van der Waals surface area contributed by atoms with Crippen LogP contribution in [0.4, 0.5) is 0 Å². The molecule has 21 heavy (non-hydrogen) atoms. The minimum absolute atomic E-state index is 0.0962. The van der Waals surface area contributed by atoms with Gasteiger partial charge in [-0.15, -0.1) is 0 Å². The van der Waals surface area contributed by atoms with Gasteiger partial charge < -0.3 is 5.32 Å². The van der Waals surface area contributed by atoms with Gasteiger partial charge in [0.25, 0.3) is 0 Å². The first-order valence-corrected chi connectivity index (χ1v) is 8.38. The molecular weight excluding hydrogens is 346 g/mol. The Morgan fingerprint density at radius 1 is 1.05 bits per heavy atom. The molecule has 0 spiro atoms. The second-order valence-electron chi connectivity index (χ2n) is 5.79. The van der Waals surface area contributed by atoms with Crippen LogP contribution in [0.3, 0.4) is 0 Å². The maximum absolute atomic E-state index is 5.98. The van der Waals surface area contributed by atoms with E-state index >= 15 is 0 Å². The molecular formula is C18H21BrClN. The van der Waals surface area contributed by atoms with Crippen LogP contribution in [0.5, 0.6) is 0 Å². The summed E-state index contributed by atoms with van der Waals surface area (Å²) in [4.78, 5) is 0. The maximum Gasteiger partial charge on any atom is 0.0406 e. The van der Waals surface area contributed by atoms with Gasteiger partial charge in [0.1, 0.15) is 0 Å². The summed E-state index contributed by atoms with van der Waals surface area (Å²) < 4.78 is 1.10. The molecule has 0 amide bonds. The second kappa shape index (κ2) is 6.95. The van der Waals surface area contributed by atoms with E-state index < -0.39 is 0 Å². The number of hydrogen-bond donors (Lipinski definition) is 1. The van der Waals surface area contributed by atoms with Gasteiger partial charge in [0.2, 0.25) is 0 Å². The monoisotopic (exact) mass is 365 g/mol. The van der Waals surface area contributed by atoms with Crippen molar-refractivity contribution in [1.82, 2.24) is 5.32 Å². The van der Waals surface area contributed by atoms with E-state index in [1.54, 1.807) is 0 Å². The normalized spacial score (nSPS) is 13.2. The van der Waals surface area contributed by atoms with Gasteiger partial charge in [-0.25, -0.2) is 0 Å². The van der Waals surface area contributed by atoms with Crippen LogP contribution < -0.4 is 5.32 Å². The van der Waals surface area contributed by atoms with Crippen molar-refractivity contribution >= 4 is 27.5 Å². The molecule has 0 heterocycles. The molecule has 0 aliphatic rings. The highest BCUT2D eigenvalue weighted by molar-refractivity contribution is 9.10. The molecule has 2 rings (SSSR count). The van der Waals surface area contributed by atoms with Crippen molar-refractivity contribution in [2.24, 2.45) is 0 Å². The Bertz CT molecular complexity index is 575. The summed E-state index contributed by atoms with van der Waals surface area (Å²) >= 11 is 9.47. The van der Waals surface area contributed by atoms with Gasteiger partial charge in [-0.05, 0) is 55.7 Å². The summed E-state index contributed by atoms with van der Waals surface area (Å²) in [6.07, 6.45) is 1.03. The summed E-state index contributed by atoms with van der Waals surface area (Å²) in [7, 11) is 0. The van der Waals surface area contributed by atoms with Crippen LogP contribution in [0.25, 0.3) is 0 Å². The van der Waals surface area contributed by atoms with Crippen LogP contribution >= 0.6 is 27.5 Å². The fraction of sp³-hybridized carbons (Fsp3) is 0.333. The highest BCUT2D eigenvalue weighted by Gasteiger charge is 2.24. The molecule has 1 N–H and O–H groups in total. The van der Waals surface area contributed by atoms with E-state index in [-0.39, 0.29) is 5.54 Å². The molecule has 2 aromatic rings. The minimum atomic E-state index is -0.0962. The smallest absolute Gasteiger partial charge is 0.0406 e. The third-order valence-electron chi connectivity index (χ3n) is 3.78. The molecule has 0 aliphatic heterocycles. The molecule has 0 aliphatic carbocycles. The first-order chi connectivity index (χ1) is 9.92. The Balaban J connectivity index is 2.20. The molecule has 0 fully saturated rings. The third kappa shape index (κ3) is 4.32. The van der Waals surface area contributed by atoms with Crippen molar-refractivity contribution in [1.29, 1.82) is 0 Å². The van der Waals surface area contributed by atoms with Crippen LogP contribution in [-0.4, -0.2) is 0 Å². The van der Waals surface area contributed by atoms with Gasteiger partial charge in [-0.1, -0.05) is 58.7 Å². The van der Waals surface area contributed by atoms with E-state index in [4.69, 9.17) is 11.6 Å². The van der Waals surface area contributed by atoms with E-state index in [1.807, 2.05) is 12.1 Å². The van der Waals surface area contributed by atoms with Crippen molar-refractivity contribution in [3.05, 3.63) is 69.2 Å². The van der Waals surface area contributed by atoms with E-state index in [2.05, 4.69) is 78.4 Å². The largest absolute Gasteiger partial charge is 0.301 e. The molecule has 0 saturated heterocycles. The molecule has 2 aromatic carbocycles. The first kappa shape index (κ1) is 16.5. The van der Waals surface area contributed by atoms with Crippen LogP contribution in [-0.2, 0) is 5.54 Å². The Kier molecular flexibility index (Phi) is 5.48. The van der Waals surface area contributed by atoms with E-state index in [0.717, 1.165) is 15.9 Å². The van der Waals surface area contributed by atoms with Gasteiger partial charge in [0.05, 0.1) is 0 Å². The highest BCUT2D eigenvalue weighted by Crippen LogP contribution is 2.28. The summed E-state index contributed by atoms with van der Waals surface area (Å²) in [5, 5.41) is 4.53. The minimum Gasteiger partial charge on any atom is -0.301 e. The maximum atomic E-state index is 5.98. The lowest BCUT2D eigenvalue weighted by molar-refractivity contribution is 0.338. The fourth-order valence-corrected chi connectivity index (χ4v) is 2.89. The number of halogens is 2. The average molecular weight is 367 g/mol. The molecule has 1 atom stereocenters. The molecule has 1 nitrogen and oxygen atoms in total.